The van der Waals surface area contributed by atoms with Gasteiger partial charge in [-0.15, -0.1) is 0 Å². The molecule has 1 N–H and O–H groups in total. The first-order valence-corrected chi connectivity index (χ1v) is 8.65. The third-order valence-electron chi connectivity index (χ3n) is 4.48. The molecular formula is C17H20N4O8. The maximum absolute atomic E-state index is 11.8. The summed E-state index contributed by atoms with van der Waals surface area (Å²) in [7, 11) is 0. The highest BCUT2D eigenvalue weighted by Crippen LogP contribution is 2.43. The second kappa shape index (κ2) is 7.62. The van der Waals surface area contributed by atoms with Crippen molar-refractivity contribution in [2.75, 3.05) is 6.61 Å². The molecule has 12 nitrogen and oxygen atoms in total. The zero-order valence-electron chi connectivity index (χ0n) is 16.2. The SMILES string of the molecule is CC(=O)OC[C@H]1O[C@@H](n2cnc3c(O)ncnc32)[C@H](OC(C)=O)[C@@]1(C)OC(C)=O. The molecule has 0 radical (unpaired) electrons. The average molecular weight is 408 g/mol. The van der Waals surface area contributed by atoms with E-state index < -0.39 is 41.9 Å². The van der Waals surface area contributed by atoms with E-state index in [4.69, 9.17) is 18.9 Å². The van der Waals surface area contributed by atoms with Gasteiger partial charge < -0.3 is 24.1 Å². The molecule has 0 unspecified atom stereocenters. The van der Waals surface area contributed by atoms with Crippen LogP contribution in [0.5, 0.6) is 5.88 Å². The molecule has 3 rings (SSSR count). The Labute approximate surface area is 164 Å². The monoisotopic (exact) mass is 408 g/mol. The molecular weight excluding hydrogens is 388 g/mol. The van der Waals surface area contributed by atoms with Crippen molar-refractivity contribution < 1.29 is 38.4 Å². The van der Waals surface area contributed by atoms with E-state index in [0.29, 0.717) is 0 Å². The summed E-state index contributed by atoms with van der Waals surface area (Å²) in [4.78, 5) is 46.6. The number of nitrogens with zero attached hydrogens (tertiary/aromatic N) is 4. The lowest BCUT2D eigenvalue weighted by Gasteiger charge is -2.33. The fourth-order valence-corrected chi connectivity index (χ4v) is 3.26. The molecule has 1 aliphatic heterocycles. The minimum Gasteiger partial charge on any atom is -0.492 e. The molecule has 0 bridgehead atoms. The second-order valence-electron chi connectivity index (χ2n) is 6.65. The van der Waals surface area contributed by atoms with Crippen molar-refractivity contribution in [3.8, 4) is 5.88 Å². The van der Waals surface area contributed by atoms with Gasteiger partial charge in [0.15, 0.2) is 29.1 Å². The maximum atomic E-state index is 11.8. The first-order valence-electron chi connectivity index (χ1n) is 8.65. The van der Waals surface area contributed by atoms with Crippen LogP contribution >= 0.6 is 0 Å². The molecule has 156 valence electrons. The Balaban J connectivity index is 2.08. The molecule has 3 heterocycles. The number of esters is 3. The first-order chi connectivity index (χ1) is 13.6. The van der Waals surface area contributed by atoms with Crippen LogP contribution in [0.2, 0.25) is 0 Å². The highest BCUT2D eigenvalue weighted by Gasteiger charge is 2.60. The Bertz CT molecular complexity index is 960. The molecule has 0 spiro atoms. The van der Waals surface area contributed by atoms with Gasteiger partial charge in [0, 0.05) is 20.8 Å². The van der Waals surface area contributed by atoms with Gasteiger partial charge in [0.25, 0.3) is 0 Å². The summed E-state index contributed by atoms with van der Waals surface area (Å²) in [5, 5.41) is 9.88. The highest BCUT2D eigenvalue weighted by atomic mass is 16.7. The summed E-state index contributed by atoms with van der Waals surface area (Å²) in [5.74, 6) is -2.18. The third kappa shape index (κ3) is 3.83. The highest BCUT2D eigenvalue weighted by molar-refractivity contribution is 5.75. The number of aromatic hydroxyl groups is 1. The van der Waals surface area contributed by atoms with Crippen LogP contribution < -0.4 is 0 Å². The quantitative estimate of drug-likeness (QED) is 0.535. The molecule has 0 aromatic carbocycles. The van der Waals surface area contributed by atoms with Gasteiger partial charge in [-0.2, -0.15) is 4.98 Å². The largest absolute Gasteiger partial charge is 0.492 e. The molecule has 0 saturated carbocycles. The van der Waals surface area contributed by atoms with E-state index in [2.05, 4.69) is 15.0 Å². The smallest absolute Gasteiger partial charge is 0.303 e. The van der Waals surface area contributed by atoms with Crippen LogP contribution in [-0.4, -0.2) is 66.9 Å². The average Bonchev–Trinajstić information content (AvgIpc) is 3.14. The summed E-state index contributed by atoms with van der Waals surface area (Å²) in [6.07, 6.45) is -0.671. The lowest BCUT2D eigenvalue weighted by atomic mass is 9.94. The van der Waals surface area contributed by atoms with Crippen LogP contribution in [0.15, 0.2) is 12.7 Å². The molecule has 12 heteroatoms. The Morgan fingerprint density at radius 1 is 1.17 bits per heavy atom. The van der Waals surface area contributed by atoms with Gasteiger partial charge in [0.2, 0.25) is 5.88 Å². The summed E-state index contributed by atoms with van der Waals surface area (Å²) in [6.45, 7) is 4.89. The Hall–Kier alpha value is -3.28. The van der Waals surface area contributed by atoms with E-state index in [1.165, 1.54) is 38.6 Å². The Morgan fingerprint density at radius 2 is 1.90 bits per heavy atom. The Kier molecular flexibility index (Phi) is 5.38. The number of hydrogen-bond donors (Lipinski definition) is 1. The molecule has 4 atom stereocenters. The Morgan fingerprint density at radius 3 is 2.52 bits per heavy atom. The van der Waals surface area contributed by atoms with Gasteiger partial charge in [-0.3, -0.25) is 19.0 Å². The second-order valence-corrected chi connectivity index (χ2v) is 6.65. The topological polar surface area (TPSA) is 152 Å². The molecule has 1 fully saturated rings. The molecule has 2 aromatic rings. The predicted molar refractivity (Wildman–Crippen MR) is 93.3 cm³/mol. The van der Waals surface area contributed by atoms with Gasteiger partial charge in [-0.25, -0.2) is 9.97 Å². The van der Waals surface area contributed by atoms with Crippen molar-refractivity contribution in [1.29, 1.82) is 0 Å². The molecule has 2 aromatic heterocycles. The van der Waals surface area contributed by atoms with Crippen LogP contribution in [0.4, 0.5) is 0 Å². The number of aromatic nitrogens is 4. The van der Waals surface area contributed by atoms with E-state index in [1.54, 1.807) is 0 Å². The number of carbonyl (C=O) groups is 3. The fraction of sp³-hybridized carbons (Fsp3) is 0.529. The van der Waals surface area contributed by atoms with E-state index >= 15 is 0 Å². The first kappa shape index (κ1) is 20.5. The molecule has 1 saturated heterocycles. The van der Waals surface area contributed by atoms with E-state index in [0.717, 1.165) is 6.33 Å². The van der Waals surface area contributed by atoms with Gasteiger partial charge in [0.05, 0.1) is 6.33 Å². The predicted octanol–water partition coefficient (Wildman–Crippen LogP) is 0.246. The fourth-order valence-electron chi connectivity index (χ4n) is 3.26. The lowest BCUT2D eigenvalue weighted by Crippen LogP contribution is -2.51. The molecule has 1 aliphatic rings. The van der Waals surface area contributed by atoms with Crippen molar-refractivity contribution in [1.82, 2.24) is 19.5 Å². The maximum Gasteiger partial charge on any atom is 0.303 e. The zero-order chi connectivity index (χ0) is 21.3. The zero-order valence-corrected chi connectivity index (χ0v) is 16.2. The molecule has 0 amide bonds. The van der Waals surface area contributed by atoms with Crippen molar-refractivity contribution in [2.24, 2.45) is 0 Å². The van der Waals surface area contributed by atoms with Gasteiger partial charge in [-0.05, 0) is 6.92 Å². The van der Waals surface area contributed by atoms with E-state index in [1.807, 2.05) is 0 Å². The van der Waals surface area contributed by atoms with Crippen LogP contribution in [0.25, 0.3) is 11.2 Å². The van der Waals surface area contributed by atoms with Crippen molar-refractivity contribution in [2.45, 2.75) is 51.7 Å². The van der Waals surface area contributed by atoms with E-state index in [9.17, 15) is 19.5 Å². The van der Waals surface area contributed by atoms with Crippen LogP contribution in [0, 0.1) is 0 Å². The van der Waals surface area contributed by atoms with Gasteiger partial charge in [-0.1, -0.05) is 0 Å². The normalized spacial score (nSPS) is 26.3. The van der Waals surface area contributed by atoms with Crippen molar-refractivity contribution in [3.05, 3.63) is 12.7 Å². The summed E-state index contributed by atoms with van der Waals surface area (Å²) in [6, 6.07) is 0. The molecule has 0 aliphatic carbocycles. The summed E-state index contributed by atoms with van der Waals surface area (Å²) < 4.78 is 23.4. The number of hydrogen-bond acceptors (Lipinski definition) is 11. The van der Waals surface area contributed by atoms with Crippen LogP contribution in [0.1, 0.15) is 33.9 Å². The number of ether oxygens (including phenoxy) is 4. The molecule has 29 heavy (non-hydrogen) atoms. The lowest BCUT2D eigenvalue weighted by molar-refractivity contribution is -0.183. The van der Waals surface area contributed by atoms with Crippen molar-refractivity contribution in [3.63, 3.8) is 0 Å². The number of carbonyl (C=O) groups excluding carboxylic acids is 3. The number of fused-ring (bicyclic) bond motifs is 1. The van der Waals surface area contributed by atoms with E-state index in [-0.39, 0.29) is 23.7 Å². The summed E-state index contributed by atoms with van der Waals surface area (Å²) >= 11 is 0. The minimum atomic E-state index is -1.48. The van der Waals surface area contributed by atoms with Crippen molar-refractivity contribution >= 4 is 29.1 Å². The van der Waals surface area contributed by atoms with Gasteiger partial charge >= 0.3 is 17.9 Å². The number of imidazole rings is 1. The third-order valence-corrected chi connectivity index (χ3v) is 4.48. The number of rotatable bonds is 5. The standard InChI is InChI=1S/C17H20N4O8/c1-8(22)26-5-11-17(4,29-10(3)24)13(27-9(2)23)16(28-11)21-7-20-12-14(21)18-6-19-15(12)25/h6-7,11,13,16H,5H2,1-4H3,(H,18,19,25)/t11-,13+,16-,17+/m1/s1. The van der Waals surface area contributed by atoms with Crippen LogP contribution in [-0.2, 0) is 33.3 Å². The summed E-state index contributed by atoms with van der Waals surface area (Å²) in [5.41, 5.74) is -1.17. The minimum absolute atomic E-state index is 0.107. The van der Waals surface area contributed by atoms with Crippen LogP contribution in [0.3, 0.4) is 0 Å². The van der Waals surface area contributed by atoms with Gasteiger partial charge in [0.1, 0.15) is 19.0 Å².